The van der Waals surface area contributed by atoms with Crippen molar-refractivity contribution in [3.05, 3.63) is 0 Å². The van der Waals surface area contributed by atoms with Gasteiger partial charge in [0.15, 0.2) is 6.61 Å². The van der Waals surface area contributed by atoms with Gasteiger partial charge in [-0.3, -0.25) is 0 Å². The SMILES string of the molecule is O=C(OCC(F)(F)C(F)(F)F)C(F)(F)Cl. The number of ether oxygens (including phenoxy) is 1. The smallest absolute Gasteiger partial charge is 0.453 e. The lowest BCUT2D eigenvalue weighted by Gasteiger charge is -2.19. The summed E-state index contributed by atoms with van der Waals surface area (Å²) in [6, 6.07) is 0. The molecule has 15 heavy (non-hydrogen) atoms. The molecule has 0 rings (SSSR count). The van der Waals surface area contributed by atoms with Gasteiger partial charge in [0.05, 0.1) is 0 Å². The van der Waals surface area contributed by atoms with Gasteiger partial charge in [0.2, 0.25) is 0 Å². The summed E-state index contributed by atoms with van der Waals surface area (Å²) in [4.78, 5) is 10.0. The van der Waals surface area contributed by atoms with Crippen LogP contribution in [0.4, 0.5) is 30.7 Å². The van der Waals surface area contributed by atoms with Crippen LogP contribution < -0.4 is 0 Å². The van der Waals surface area contributed by atoms with Crippen LogP contribution in [0.15, 0.2) is 0 Å². The van der Waals surface area contributed by atoms with Crippen molar-refractivity contribution in [1.29, 1.82) is 0 Å². The van der Waals surface area contributed by atoms with Crippen molar-refractivity contribution in [3.8, 4) is 0 Å². The standard InChI is InChI=1S/C5H2ClF7O2/c6-4(9,10)2(14)15-1-3(7,8)5(11,12)13/h1H2. The Kier molecular flexibility index (Phi) is 3.83. The van der Waals surface area contributed by atoms with Crippen LogP contribution in [-0.4, -0.2) is 30.1 Å². The molecular weight excluding hydrogens is 260 g/mol. The fraction of sp³-hybridized carbons (Fsp3) is 0.800. The van der Waals surface area contributed by atoms with E-state index in [0.717, 1.165) is 0 Å². The van der Waals surface area contributed by atoms with E-state index < -0.39 is 30.1 Å². The van der Waals surface area contributed by atoms with Crippen LogP contribution in [0.25, 0.3) is 0 Å². The van der Waals surface area contributed by atoms with Gasteiger partial charge in [-0.25, -0.2) is 4.79 Å². The molecule has 0 aliphatic heterocycles. The van der Waals surface area contributed by atoms with Crippen molar-refractivity contribution < 1.29 is 40.3 Å². The molecule has 0 aliphatic rings. The van der Waals surface area contributed by atoms with Crippen LogP contribution in [0, 0.1) is 0 Å². The third kappa shape index (κ3) is 4.10. The Balaban J connectivity index is 4.36. The topological polar surface area (TPSA) is 26.3 Å². The van der Waals surface area contributed by atoms with Gasteiger partial charge in [0.1, 0.15) is 0 Å². The summed E-state index contributed by atoms with van der Waals surface area (Å²) >= 11 is 3.99. The third-order valence-electron chi connectivity index (χ3n) is 1.03. The first-order valence-corrected chi connectivity index (χ1v) is 3.44. The number of rotatable bonds is 3. The van der Waals surface area contributed by atoms with E-state index in [1.54, 1.807) is 0 Å². The molecule has 0 amide bonds. The molecule has 0 aromatic carbocycles. The van der Waals surface area contributed by atoms with Gasteiger partial charge >= 0.3 is 23.4 Å². The summed E-state index contributed by atoms with van der Waals surface area (Å²) in [5.74, 6) is -8.07. The minimum Gasteiger partial charge on any atom is -0.453 e. The second-order valence-electron chi connectivity index (χ2n) is 2.28. The third-order valence-corrected chi connectivity index (χ3v) is 1.19. The van der Waals surface area contributed by atoms with E-state index in [9.17, 15) is 35.5 Å². The van der Waals surface area contributed by atoms with Gasteiger partial charge in [0, 0.05) is 0 Å². The highest BCUT2D eigenvalue weighted by Gasteiger charge is 2.59. The highest BCUT2D eigenvalue weighted by Crippen LogP contribution is 2.36. The van der Waals surface area contributed by atoms with Gasteiger partial charge < -0.3 is 4.74 Å². The number of esters is 1. The highest BCUT2D eigenvalue weighted by atomic mass is 35.5. The number of hydrogen-bond donors (Lipinski definition) is 0. The summed E-state index contributed by atoms with van der Waals surface area (Å²) in [5, 5.41) is -4.64. The Morgan fingerprint density at radius 2 is 1.47 bits per heavy atom. The van der Waals surface area contributed by atoms with Gasteiger partial charge in [0.25, 0.3) is 0 Å². The maximum absolute atomic E-state index is 12.0. The first-order chi connectivity index (χ1) is 6.38. The predicted octanol–water partition coefficient (Wildman–Crippen LogP) is 2.56. The van der Waals surface area contributed by atoms with Gasteiger partial charge in [-0.05, 0) is 11.6 Å². The first kappa shape index (κ1) is 14.3. The molecule has 0 fully saturated rings. The highest BCUT2D eigenvalue weighted by molar-refractivity contribution is 6.31. The lowest BCUT2D eigenvalue weighted by Crippen LogP contribution is -2.42. The van der Waals surface area contributed by atoms with E-state index >= 15 is 0 Å². The van der Waals surface area contributed by atoms with E-state index in [0.29, 0.717) is 0 Å². The lowest BCUT2D eigenvalue weighted by molar-refractivity contribution is -0.295. The molecule has 0 saturated carbocycles. The lowest BCUT2D eigenvalue weighted by atomic mass is 10.3. The van der Waals surface area contributed by atoms with Crippen molar-refractivity contribution in [2.24, 2.45) is 0 Å². The zero-order valence-electron chi connectivity index (χ0n) is 6.55. The van der Waals surface area contributed by atoms with Crippen LogP contribution in [0.5, 0.6) is 0 Å². The zero-order chi connectivity index (χ0) is 12.5. The van der Waals surface area contributed by atoms with E-state index in [2.05, 4.69) is 16.3 Å². The quantitative estimate of drug-likeness (QED) is 0.444. The van der Waals surface area contributed by atoms with E-state index in [4.69, 9.17) is 0 Å². The monoisotopic (exact) mass is 262 g/mol. The molecule has 0 radical (unpaired) electrons. The summed E-state index contributed by atoms with van der Waals surface area (Å²) in [7, 11) is 0. The largest absolute Gasteiger partial charge is 0.456 e. The predicted molar refractivity (Wildman–Crippen MR) is 32.8 cm³/mol. The molecule has 0 bridgehead atoms. The van der Waals surface area contributed by atoms with Crippen molar-refractivity contribution in [2.75, 3.05) is 6.61 Å². The first-order valence-electron chi connectivity index (χ1n) is 3.06. The number of alkyl halides is 8. The minimum atomic E-state index is -5.99. The Hall–Kier alpha value is -0.730. The maximum Gasteiger partial charge on any atom is 0.456 e. The van der Waals surface area contributed by atoms with Crippen molar-refractivity contribution >= 4 is 17.6 Å². The molecule has 0 atom stereocenters. The molecule has 0 aromatic rings. The molecular formula is C5H2ClF7O2. The summed E-state index contributed by atoms with van der Waals surface area (Å²) < 4.78 is 84.7. The number of carbonyl (C=O) groups excluding carboxylic acids is 1. The average molecular weight is 263 g/mol. The van der Waals surface area contributed by atoms with Crippen LogP contribution in [0.2, 0.25) is 0 Å². The van der Waals surface area contributed by atoms with Crippen LogP contribution in [0.3, 0.4) is 0 Å². The summed E-state index contributed by atoms with van der Waals surface area (Å²) in [5.41, 5.74) is 0. The Labute approximate surface area is 82.9 Å². The number of carbonyl (C=O) groups is 1. The Morgan fingerprint density at radius 3 is 1.73 bits per heavy atom. The van der Waals surface area contributed by atoms with Crippen molar-refractivity contribution in [1.82, 2.24) is 0 Å². The fourth-order valence-corrected chi connectivity index (χ4v) is 0.374. The normalized spacial score (nSPS) is 13.9. The van der Waals surface area contributed by atoms with Crippen molar-refractivity contribution in [3.63, 3.8) is 0 Å². The average Bonchev–Trinajstić information content (AvgIpc) is 1.96. The van der Waals surface area contributed by atoms with E-state index in [1.165, 1.54) is 0 Å². The van der Waals surface area contributed by atoms with E-state index in [-0.39, 0.29) is 0 Å². The number of halogens is 8. The maximum atomic E-state index is 12.0. The molecule has 0 saturated heterocycles. The van der Waals surface area contributed by atoms with Crippen molar-refractivity contribution in [2.45, 2.75) is 17.5 Å². The molecule has 90 valence electrons. The molecule has 10 heteroatoms. The Morgan fingerprint density at radius 1 is 1.07 bits per heavy atom. The second-order valence-corrected chi connectivity index (χ2v) is 2.75. The molecule has 0 N–H and O–H groups in total. The minimum absolute atomic E-state index is 2.54. The number of hydrogen-bond acceptors (Lipinski definition) is 2. The summed E-state index contributed by atoms with van der Waals surface area (Å²) in [6.45, 7) is -2.54. The molecule has 2 nitrogen and oxygen atoms in total. The summed E-state index contributed by atoms with van der Waals surface area (Å²) in [6.07, 6.45) is -5.99. The Bertz CT molecular complexity index is 243. The van der Waals surface area contributed by atoms with Gasteiger partial charge in [-0.2, -0.15) is 30.7 Å². The molecule has 0 aliphatic carbocycles. The van der Waals surface area contributed by atoms with Crippen LogP contribution >= 0.6 is 11.6 Å². The van der Waals surface area contributed by atoms with Gasteiger partial charge in [-0.15, -0.1) is 0 Å². The molecule has 0 heterocycles. The molecule has 0 aromatic heterocycles. The van der Waals surface area contributed by atoms with Crippen LogP contribution in [-0.2, 0) is 9.53 Å². The molecule has 0 unspecified atom stereocenters. The van der Waals surface area contributed by atoms with E-state index in [1.807, 2.05) is 0 Å². The fourth-order valence-electron chi connectivity index (χ4n) is 0.320. The van der Waals surface area contributed by atoms with Gasteiger partial charge in [-0.1, -0.05) is 0 Å². The van der Waals surface area contributed by atoms with Crippen LogP contribution in [0.1, 0.15) is 0 Å². The zero-order valence-corrected chi connectivity index (χ0v) is 7.30. The molecule has 0 spiro atoms. The second kappa shape index (κ2) is 4.03.